The van der Waals surface area contributed by atoms with Crippen LogP contribution in [0.1, 0.15) is 23.0 Å². The number of hydrogen-bond acceptors (Lipinski definition) is 4. The van der Waals surface area contributed by atoms with E-state index in [1.807, 2.05) is 13.0 Å². The zero-order valence-electron chi connectivity index (χ0n) is 10.5. The lowest BCUT2D eigenvalue weighted by molar-refractivity contribution is 0.0741. The highest BCUT2D eigenvalue weighted by atomic mass is 35.5. The van der Waals surface area contributed by atoms with Crippen LogP contribution in [-0.4, -0.2) is 22.3 Å². The average molecular weight is 280 g/mol. The number of anilines is 1. The SMILES string of the molecule is CCN(Cc1ccco1)C(=O)c1cc(N)cnc1Cl. The van der Waals surface area contributed by atoms with Crippen molar-refractivity contribution < 1.29 is 9.21 Å². The van der Waals surface area contributed by atoms with Gasteiger partial charge in [0.1, 0.15) is 10.9 Å². The van der Waals surface area contributed by atoms with Crippen LogP contribution in [-0.2, 0) is 6.54 Å². The maximum Gasteiger partial charge on any atom is 0.257 e. The Hall–Kier alpha value is -2.01. The lowest BCUT2D eigenvalue weighted by atomic mass is 10.2. The molecule has 0 saturated carbocycles. The number of halogens is 1. The number of rotatable bonds is 4. The molecule has 2 N–H and O–H groups in total. The Bertz CT molecular complexity index is 569. The third-order valence-electron chi connectivity index (χ3n) is 2.69. The van der Waals surface area contributed by atoms with Crippen molar-refractivity contribution in [1.82, 2.24) is 9.88 Å². The van der Waals surface area contributed by atoms with Crippen molar-refractivity contribution in [2.45, 2.75) is 13.5 Å². The number of nitrogens with zero attached hydrogens (tertiary/aromatic N) is 2. The topological polar surface area (TPSA) is 72.4 Å². The first-order valence-corrected chi connectivity index (χ1v) is 6.22. The molecule has 6 heteroatoms. The van der Waals surface area contributed by atoms with E-state index < -0.39 is 0 Å². The Balaban J connectivity index is 2.23. The minimum absolute atomic E-state index is 0.150. The van der Waals surface area contributed by atoms with E-state index in [1.54, 1.807) is 17.2 Å². The van der Waals surface area contributed by atoms with Crippen LogP contribution in [0.15, 0.2) is 35.1 Å². The minimum Gasteiger partial charge on any atom is -0.467 e. The van der Waals surface area contributed by atoms with Crippen molar-refractivity contribution in [2.24, 2.45) is 0 Å². The second kappa shape index (κ2) is 5.75. The van der Waals surface area contributed by atoms with Gasteiger partial charge in [0.25, 0.3) is 5.91 Å². The normalized spacial score (nSPS) is 10.4. The van der Waals surface area contributed by atoms with E-state index in [1.165, 1.54) is 12.3 Å². The summed E-state index contributed by atoms with van der Waals surface area (Å²) < 4.78 is 5.24. The van der Waals surface area contributed by atoms with Crippen molar-refractivity contribution in [3.05, 3.63) is 47.1 Å². The summed E-state index contributed by atoms with van der Waals surface area (Å²) in [5, 5.41) is 0.150. The second-order valence-corrected chi connectivity index (χ2v) is 4.36. The first-order chi connectivity index (χ1) is 9.11. The van der Waals surface area contributed by atoms with E-state index in [0.29, 0.717) is 30.1 Å². The summed E-state index contributed by atoms with van der Waals surface area (Å²) in [7, 11) is 0. The number of nitrogen functional groups attached to an aromatic ring is 1. The molecular formula is C13H14ClN3O2. The number of pyridine rings is 1. The molecule has 2 aromatic heterocycles. The lowest BCUT2D eigenvalue weighted by Crippen LogP contribution is -2.30. The first kappa shape index (κ1) is 13.4. The predicted octanol–water partition coefficient (Wildman–Crippen LogP) is 2.57. The fourth-order valence-corrected chi connectivity index (χ4v) is 1.89. The zero-order chi connectivity index (χ0) is 13.8. The van der Waals surface area contributed by atoms with E-state index in [-0.39, 0.29) is 11.1 Å². The van der Waals surface area contributed by atoms with Crippen molar-refractivity contribution in [3.8, 4) is 0 Å². The van der Waals surface area contributed by atoms with Gasteiger partial charge in [-0.25, -0.2) is 4.98 Å². The van der Waals surface area contributed by atoms with Crippen molar-refractivity contribution in [1.29, 1.82) is 0 Å². The van der Waals surface area contributed by atoms with Gasteiger partial charge in [-0.15, -0.1) is 0 Å². The predicted molar refractivity (Wildman–Crippen MR) is 72.8 cm³/mol. The van der Waals surface area contributed by atoms with Gasteiger partial charge in [-0.2, -0.15) is 0 Å². The Morgan fingerprint density at radius 2 is 2.37 bits per heavy atom. The van der Waals surface area contributed by atoms with Gasteiger partial charge in [-0.05, 0) is 25.1 Å². The molecule has 19 heavy (non-hydrogen) atoms. The van der Waals surface area contributed by atoms with Crippen LogP contribution in [0.4, 0.5) is 5.69 Å². The summed E-state index contributed by atoms with van der Waals surface area (Å²) in [6.45, 7) is 2.80. The van der Waals surface area contributed by atoms with Gasteiger partial charge in [0.15, 0.2) is 0 Å². The summed E-state index contributed by atoms with van der Waals surface area (Å²) in [5.41, 5.74) is 6.34. The number of nitrogens with two attached hydrogens (primary N) is 1. The highest BCUT2D eigenvalue weighted by Crippen LogP contribution is 2.19. The van der Waals surface area contributed by atoms with Gasteiger partial charge in [0, 0.05) is 6.54 Å². The molecule has 0 aliphatic carbocycles. The van der Waals surface area contributed by atoms with Gasteiger partial charge in [-0.1, -0.05) is 11.6 Å². The van der Waals surface area contributed by atoms with Crippen LogP contribution in [0, 0.1) is 0 Å². The molecule has 0 aromatic carbocycles. The van der Waals surface area contributed by atoms with Crippen molar-refractivity contribution in [2.75, 3.05) is 12.3 Å². The monoisotopic (exact) mass is 279 g/mol. The van der Waals surface area contributed by atoms with Gasteiger partial charge in [-0.3, -0.25) is 4.79 Å². The molecule has 0 spiro atoms. The molecule has 0 unspecified atom stereocenters. The standard InChI is InChI=1S/C13H14ClN3O2/c1-2-17(8-10-4-3-5-19-10)13(18)11-6-9(15)7-16-12(11)14/h3-7H,2,8,15H2,1H3. The van der Waals surface area contributed by atoms with E-state index in [9.17, 15) is 4.79 Å². The van der Waals surface area contributed by atoms with Crippen LogP contribution in [0.3, 0.4) is 0 Å². The van der Waals surface area contributed by atoms with Crippen LogP contribution in [0.2, 0.25) is 5.15 Å². The summed E-state index contributed by atoms with van der Waals surface area (Å²) in [6.07, 6.45) is 2.99. The Kier molecular flexibility index (Phi) is 4.06. The molecule has 100 valence electrons. The van der Waals surface area contributed by atoms with Crippen molar-refractivity contribution in [3.63, 3.8) is 0 Å². The minimum atomic E-state index is -0.219. The number of amides is 1. The zero-order valence-corrected chi connectivity index (χ0v) is 11.2. The second-order valence-electron chi connectivity index (χ2n) is 4.01. The molecule has 0 aliphatic rings. The number of carbonyl (C=O) groups excluding carboxylic acids is 1. The number of furan rings is 1. The lowest BCUT2D eigenvalue weighted by Gasteiger charge is -2.20. The third kappa shape index (κ3) is 3.06. The molecule has 2 rings (SSSR count). The van der Waals surface area contributed by atoms with Crippen LogP contribution < -0.4 is 5.73 Å². The maximum absolute atomic E-state index is 12.4. The summed E-state index contributed by atoms with van der Waals surface area (Å²) >= 11 is 5.94. The molecule has 2 aromatic rings. The molecule has 2 heterocycles. The average Bonchev–Trinajstić information content (AvgIpc) is 2.91. The van der Waals surface area contributed by atoms with E-state index in [0.717, 1.165) is 0 Å². The Morgan fingerprint density at radius 3 is 3.00 bits per heavy atom. The molecular weight excluding hydrogens is 266 g/mol. The highest BCUT2D eigenvalue weighted by Gasteiger charge is 2.19. The molecule has 0 fully saturated rings. The molecule has 1 amide bonds. The fraction of sp³-hybridized carbons (Fsp3) is 0.231. The summed E-state index contributed by atoms with van der Waals surface area (Å²) in [4.78, 5) is 17.9. The van der Waals surface area contributed by atoms with Crippen molar-refractivity contribution >= 4 is 23.2 Å². The largest absolute Gasteiger partial charge is 0.467 e. The van der Waals surface area contributed by atoms with Crippen LogP contribution >= 0.6 is 11.6 Å². The maximum atomic E-state index is 12.4. The molecule has 0 saturated heterocycles. The molecule has 0 radical (unpaired) electrons. The Labute approximate surface area is 116 Å². The van der Waals surface area contributed by atoms with Gasteiger partial charge in [0.05, 0.1) is 30.3 Å². The first-order valence-electron chi connectivity index (χ1n) is 5.84. The van der Waals surface area contributed by atoms with E-state index in [4.69, 9.17) is 21.8 Å². The number of hydrogen-bond donors (Lipinski definition) is 1. The molecule has 0 atom stereocenters. The summed E-state index contributed by atoms with van der Waals surface area (Å²) in [6, 6.07) is 5.13. The molecule has 5 nitrogen and oxygen atoms in total. The van der Waals surface area contributed by atoms with Crippen LogP contribution in [0.25, 0.3) is 0 Å². The third-order valence-corrected chi connectivity index (χ3v) is 2.99. The highest BCUT2D eigenvalue weighted by molar-refractivity contribution is 6.32. The fourth-order valence-electron chi connectivity index (χ4n) is 1.70. The van der Waals surface area contributed by atoms with Gasteiger partial charge >= 0.3 is 0 Å². The van der Waals surface area contributed by atoms with E-state index in [2.05, 4.69) is 4.98 Å². The number of carbonyl (C=O) groups is 1. The molecule has 0 bridgehead atoms. The van der Waals surface area contributed by atoms with Gasteiger partial charge < -0.3 is 15.1 Å². The summed E-state index contributed by atoms with van der Waals surface area (Å²) in [5.74, 6) is 0.492. The Morgan fingerprint density at radius 1 is 1.58 bits per heavy atom. The smallest absolute Gasteiger partial charge is 0.257 e. The quantitative estimate of drug-likeness (QED) is 0.873. The van der Waals surface area contributed by atoms with Crippen LogP contribution in [0.5, 0.6) is 0 Å². The molecule has 0 aliphatic heterocycles. The van der Waals surface area contributed by atoms with Gasteiger partial charge in [0.2, 0.25) is 0 Å². The van der Waals surface area contributed by atoms with E-state index >= 15 is 0 Å². The number of aromatic nitrogens is 1.